The van der Waals surface area contributed by atoms with Crippen LogP contribution in [-0.4, -0.2) is 60.5 Å². The lowest BCUT2D eigenvalue weighted by molar-refractivity contribution is -0.184. The number of rotatable bonds is 8. The number of ether oxygens (including phenoxy) is 4. The first-order valence-electron chi connectivity index (χ1n) is 14.2. The molecule has 0 radical (unpaired) electrons. The van der Waals surface area contributed by atoms with Crippen LogP contribution in [0.3, 0.4) is 0 Å². The SMILES string of the molecule is CCCOC(=O)O[C@]1(C(=O)COC(=O)OCC(C)C)CC[C@H]2[C@@H]3CCC4=CC(=O)C=C[C@]4(C)[C@H]3C(O)C[C@@]21C. The van der Waals surface area contributed by atoms with Crippen LogP contribution in [-0.2, 0) is 28.5 Å². The number of hydrogen-bond donors (Lipinski definition) is 1. The van der Waals surface area contributed by atoms with Gasteiger partial charge in [0.1, 0.15) is 0 Å². The summed E-state index contributed by atoms with van der Waals surface area (Å²) >= 11 is 0. The maximum absolute atomic E-state index is 13.9. The van der Waals surface area contributed by atoms with Gasteiger partial charge in [0.2, 0.25) is 5.78 Å². The van der Waals surface area contributed by atoms with Gasteiger partial charge in [-0.15, -0.1) is 0 Å². The van der Waals surface area contributed by atoms with Gasteiger partial charge < -0.3 is 24.1 Å². The lowest BCUT2D eigenvalue weighted by Gasteiger charge is -2.59. The Kier molecular flexibility index (Phi) is 8.31. The van der Waals surface area contributed by atoms with Crippen molar-refractivity contribution in [3.8, 4) is 0 Å². The monoisotopic (exact) mass is 546 g/mol. The third-order valence-corrected chi connectivity index (χ3v) is 9.60. The Balaban J connectivity index is 1.63. The van der Waals surface area contributed by atoms with Crippen molar-refractivity contribution in [3.63, 3.8) is 0 Å². The molecule has 0 saturated heterocycles. The first kappa shape index (κ1) is 29.3. The predicted octanol–water partition coefficient (Wildman–Crippen LogP) is 4.95. The molecular weight excluding hydrogens is 504 g/mol. The maximum atomic E-state index is 13.9. The van der Waals surface area contributed by atoms with E-state index in [4.69, 9.17) is 18.9 Å². The summed E-state index contributed by atoms with van der Waals surface area (Å²) in [7, 11) is 0. The van der Waals surface area contributed by atoms with Crippen molar-refractivity contribution >= 4 is 23.9 Å². The average Bonchev–Trinajstić information content (AvgIpc) is 3.17. The molecule has 216 valence electrons. The minimum atomic E-state index is -1.62. The Hall–Kier alpha value is -2.68. The number of carbonyl (C=O) groups excluding carboxylic acids is 4. The Labute approximate surface area is 230 Å². The van der Waals surface area contributed by atoms with E-state index in [2.05, 4.69) is 6.92 Å². The van der Waals surface area contributed by atoms with E-state index < -0.39 is 47.2 Å². The summed E-state index contributed by atoms with van der Waals surface area (Å²) < 4.78 is 21.3. The minimum absolute atomic E-state index is 0.0348. The first-order chi connectivity index (χ1) is 18.4. The third kappa shape index (κ3) is 5.14. The highest BCUT2D eigenvalue weighted by Gasteiger charge is 2.70. The lowest BCUT2D eigenvalue weighted by Crippen LogP contribution is -2.63. The number of aliphatic hydroxyl groups excluding tert-OH is 1. The van der Waals surface area contributed by atoms with Gasteiger partial charge in [-0.3, -0.25) is 9.59 Å². The van der Waals surface area contributed by atoms with Crippen LogP contribution in [0.2, 0.25) is 0 Å². The van der Waals surface area contributed by atoms with Gasteiger partial charge in [0, 0.05) is 16.7 Å². The van der Waals surface area contributed by atoms with E-state index in [9.17, 15) is 24.3 Å². The number of ketones is 2. The molecule has 39 heavy (non-hydrogen) atoms. The number of fused-ring (bicyclic) bond motifs is 5. The van der Waals surface area contributed by atoms with Crippen LogP contribution in [0.5, 0.6) is 0 Å². The molecule has 0 spiro atoms. The number of hydrogen-bond acceptors (Lipinski definition) is 9. The summed E-state index contributed by atoms with van der Waals surface area (Å²) in [6.45, 7) is 9.29. The van der Waals surface area contributed by atoms with Crippen LogP contribution < -0.4 is 0 Å². The summed E-state index contributed by atoms with van der Waals surface area (Å²) in [6.07, 6.45) is 5.63. The molecule has 3 saturated carbocycles. The second kappa shape index (κ2) is 11.1. The molecule has 3 fully saturated rings. The summed E-state index contributed by atoms with van der Waals surface area (Å²) in [5.41, 5.74) is -1.96. The summed E-state index contributed by atoms with van der Waals surface area (Å²) in [5.74, 6) is -0.606. The van der Waals surface area contributed by atoms with Crippen LogP contribution in [0.1, 0.15) is 73.1 Å². The maximum Gasteiger partial charge on any atom is 0.509 e. The zero-order chi connectivity index (χ0) is 28.6. The lowest BCUT2D eigenvalue weighted by atomic mass is 9.46. The smallest absolute Gasteiger partial charge is 0.434 e. The fourth-order valence-electron chi connectivity index (χ4n) is 7.87. The quantitative estimate of drug-likeness (QED) is 0.421. The van der Waals surface area contributed by atoms with E-state index in [1.165, 1.54) is 0 Å². The van der Waals surface area contributed by atoms with Crippen molar-refractivity contribution in [2.45, 2.75) is 84.8 Å². The molecule has 7 atom stereocenters. The molecule has 0 bridgehead atoms. The van der Waals surface area contributed by atoms with Crippen LogP contribution >= 0.6 is 0 Å². The molecular formula is C30H42O9. The molecule has 0 aliphatic heterocycles. The first-order valence-corrected chi connectivity index (χ1v) is 14.2. The molecule has 0 amide bonds. The van der Waals surface area contributed by atoms with Crippen molar-refractivity contribution in [2.75, 3.05) is 19.8 Å². The van der Waals surface area contributed by atoms with Gasteiger partial charge >= 0.3 is 12.3 Å². The van der Waals surface area contributed by atoms with E-state index in [0.717, 1.165) is 18.4 Å². The van der Waals surface area contributed by atoms with Gasteiger partial charge in [0.25, 0.3) is 0 Å². The van der Waals surface area contributed by atoms with Crippen molar-refractivity contribution < 1.29 is 43.2 Å². The molecule has 9 heteroatoms. The fraction of sp³-hybridized carbons (Fsp3) is 0.733. The topological polar surface area (TPSA) is 125 Å². The minimum Gasteiger partial charge on any atom is -0.434 e. The van der Waals surface area contributed by atoms with Crippen LogP contribution in [0, 0.1) is 34.5 Å². The van der Waals surface area contributed by atoms with E-state index >= 15 is 0 Å². The Morgan fingerprint density at radius 2 is 1.85 bits per heavy atom. The number of carbonyl (C=O) groups is 4. The Morgan fingerprint density at radius 3 is 2.54 bits per heavy atom. The highest BCUT2D eigenvalue weighted by atomic mass is 16.7. The molecule has 0 aromatic rings. The van der Waals surface area contributed by atoms with Crippen LogP contribution in [0.4, 0.5) is 9.59 Å². The average molecular weight is 547 g/mol. The van der Waals surface area contributed by atoms with Crippen LogP contribution in [0.25, 0.3) is 0 Å². The summed E-state index contributed by atoms with van der Waals surface area (Å²) in [6, 6.07) is 0. The largest absolute Gasteiger partial charge is 0.509 e. The highest BCUT2D eigenvalue weighted by Crippen LogP contribution is 2.68. The van der Waals surface area contributed by atoms with Gasteiger partial charge in [-0.25, -0.2) is 9.59 Å². The van der Waals surface area contributed by atoms with Gasteiger partial charge in [0.15, 0.2) is 18.0 Å². The molecule has 9 nitrogen and oxygen atoms in total. The molecule has 0 heterocycles. The van der Waals surface area contributed by atoms with Crippen molar-refractivity contribution in [3.05, 3.63) is 23.8 Å². The number of Topliss-reactive ketones (excluding diaryl/α,β-unsaturated/α-hetero) is 1. The summed E-state index contributed by atoms with van der Waals surface area (Å²) in [5, 5.41) is 11.7. The number of aliphatic hydroxyl groups is 1. The predicted molar refractivity (Wildman–Crippen MR) is 141 cm³/mol. The molecule has 4 rings (SSSR count). The molecule has 1 unspecified atom stereocenters. The normalized spacial score (nSPS) is 36.8. The standard InChI is InChI=1S/C30H42O9/c1-6-13-36-27(35)39-30(24(33)17-38-26(34)37-16-18(2)3)12-10-22-21-8-7-19-14-20(31)9-11-28(19,4)25(21)23(32)15-29(22,30)5/h9,11,14,18,21-23,25,32H,6-8,10,12-13,15-17H2,1-5H3/t21-,22-,23?,25+,28-,29-,30-/m0/s1. The van der Waals surface area contributed by atoms with Gasteiger partial charge in [-0.05, 0) is 68.4 Å². The van der Waals surface area contributed by atoms with Gasteiger partial charge in [-0.2, -0.15) is 0 Å². The zero-order valence-electron chi connectivity index (χ0n) is 23.7. The van der Waals surface area contributed by atoms with Crippen LogP contribution in [0.15, 0.2) is 23.8 Å². The van der Waals surface area contributed by atoms with Gasteiger partial charge in [0.05, 0.1) is 19.3 Å². The van der Waals surface area contributed by atoms with Crippen molar-refractivity contribution in [2.24, 2.45) is 34.5 Å². The molecule has 1 N–H and O–H groups in total. The molecule has 4 aliphatic rings. The molecule has 0 aromatic carbocycles. The van der Waals surface area contributed by atoms with Crippen molar-refractivity contribution in [1.82, 2.24) is 0 Å². The van der Waals surface area contributed by atoms with E-state index in [0.29, 0.717) is 12.8 Å². The molecule has 4 aliphatic carbocycles. The molecule has 0 aromatic heterocycles. The fourth-order valence-corrected chi connectivity index (χ4v) is 7.87. The van der Waals surface area contributed by atoms with E-state index in [1.54, 1.807) is 12.2 Å². The second-order valence-electron chi connectivity index (χ2n) is 12.4. The summed E-state index contributed by atoms with van der Waals surface area (Å²) in [4.78, 5) is 50.9. The second-order valence-corrected chi connectivity index (χ2v) is 12.4. The van der Waals surface area contributed by atoms with E-state index in [-0.39, 0.29) is 55.5 Å². The van der Waals surface area contributed by atoms with Gasteiger partial charge in [-0.1, -0.05) is 46.3 Å². The number of allylic oxidation sites excluding steroid dienone is 4. The Morgan fingerprint density at radius 1 is 1.10 bits per heavy atom. The highest BCUT2D eigenvalue weighted by molar-refractivity contribution is 6.01. The van der Waals surface area contributed by atoms with Crippen molar-refractivity contribution in [1.29, 1.82) is 0 Å². The zero-order valence-corrected chi connectivity index (χ0v) is 23.7. The Bertz CT molecular complexity index is 1060. The third-order valence-electron chi connectivity index (χ3n) is 9.60. The van der Waals surface area contributed by atoms with E-state index in [1.807, 2.05) is 33.8 Å².